The molecule has 0 aliphatic rings. The number of rotatable bonds is 6. The van der Waals surface area contributed by atoms with Gasteiger partial charge in [0.2, 0.25) is 0 Å². The van der Waals surface area contributed by atoms with E-state index in [1.807, 2.05) is 30.3 Å². The van der Waals surface area contributed by atoms with E-state index in [9.17, 15) is 4.79 Å². The zero-order valence-electron chi connectivity index (χ0n) is 13.5. The number of esters is 1. The molecular weight excluding hydrogens is 274 g/mol. The molecule has 3 nitrogen and oxygen atoms in total. The van der Waals surface area contributed by atoms with Crippen LogP contribution in [0.3, 0.4) is 0 Å². The van der Waals surface area contributed by atoms with Crippen molar-refractivity contribution >= 4 is 5.97 Å². The first-order chi connectivity index (χ1) is 10.6. The minimum Gasteiger partial charge on any atom is -0.423 e. The summed E-state index contributed by atoms with van der Waals surface area (Å²) in [6.07, 6.45) is 0. The van der Waals surface area contributed by atoms with Gasteiger partial charge in [-0.2, -0.15) is 0 Å². The number of ether oxygens (including phenoxy) is 1. The molecule has 0 aromatic heterocycles. The van der Waals surface area contributed by atoms with E-state index in [0.29, 0.717) is 11.3 Å². The lowest BCUT2D eigenvalue weighted by atomic mass is 10.1. The van der Waals surface area contributed by atoms with E-state index in [1.165, 1.54) is 5.56 Å². The second-order valence-corrected chi connectivity index (χ2v) is 5.33. The highest BCUT2D eigenvalue weighted by Crippen LogP contribution is 2.23. The van der Waals surface area contributed by atoms with Crippen molar-refractivity contribution in [2.24, 2.45) is 0 Å². The molecule has 22 heavy (non-hydrogen) atoms. The van der Waals surface area contributed by atoms with E-state index in [4.69, 9.17) is 4.74 Å². The van der Waals surface area contributed by atoms with Crippen molar-refractivity contribution in [2.45, 2.75) is 27.3 Å². The minimum absolute atomic E-state index is 0.315. The Morgan fingerprint density at radius 3 is 2.36 bits per heavy atom. The van der Waals surface area contributed by atoms with E-state index in [1.54, 1.807) is 12.1 Å². The summed E-state index contributed by atoms with van der Waals surface area (Å²) < 4.78 is 5.61. The molecule has 2 rings (SSSR count). The molecule has 0 unspecified atom stereocenters. The van der Waals surface area contributed by atoms with Crippen molar-refractivity contribution in [1.82, 2.24) is 4.90 Å². The van der Waals surface area contributed by atoms with E-state index in [-0.39, 0.29) is 5.97 Å². The van der Waals surface area contributed by atoms with Crippen LogP contribution in [0.5, 0.6) is 5.75 Å². The van der Waals surface area contributed by atoms with Crippen LogP contribution in [-0.4, -0.2) is 24.0 Å². The van der Waals surface area contributed by atoms with Gasteiger partial charge in [0.15, 0.2) is 0 Å². The van der Waals surface area contributed by atoms with Crippen molar-refractivity contribution in [1.29, 1.82) is 0 Å². The monoisotopic (exact) mass is 297 g/mol. The molecular formula is C19H23NO2. The number of carbonyl (C=O) groups excluding carboxylic acids is 1. The molecule has 0 saturated carbocycles. The first-order valence-corrected chi connectivity index (χ1v) is 7.73. The summed E-state index contributed by atoms with van der Waals surface area (Å²) in [4.78, 5) is 14.5. The normalized spacial score (nSPS) is 10.7. The number of benzene rings is 2. The quantitative estimate of drug-likeness (QED) is 0.595. The van der Waals surface area contributed by atoms with Gasteiger partial charge in [0.05, 0.1) is 5.56 Å². The van der Waals surface area contributed by atoms with Crippen LogP contribution in [0.15, 0.2) is 48.5 Å². The Balaban J connectivity index is 2.21. The molecule has 2 aromatic carbocycles. The highest BCUT2D eigenvalue weighted by Gasteiger charge is 2.13. The van der Waals surface area contributed by atoms with Crippen molar-refractivity contribution in [2.75, 3.05) is 13.1 Å². The van der Waals surface area contributed by atoms with Crippen molar-refractivity contribution in [3.63, 3.8) is 0 Å². The maximum Gasteiger partial charge on any atom is 0.343 e. The first kappa shape index (κ1) is 16.2. The van der Waals surface area contributed by atoms with Gasteiger partial charge in [-0.05, 0) is 38.2 Å². The molecule has 0 radical (unpaired) electrons. The summed E-state index contributed by atoms with van der Waals surface area (Å²) in [5.41, 5.74) is 2.78. The average molecular weight is 297 g/mol. The third kappa shape index (κ3) is 4.18. The Bertz CT molecular complexity index is 619. The Labute approximate surface area is 132 Å². The summed E-state index contributed by atoms with van der Waals surface area (Å²) in [6, 6.07) is 15.0. The number of hydrogen-bond acceptors (Lipinski definition) is 3. The summed E-state index contributed by atoms with van der Waals surface area (Å²) in [6.45, 7) is 9.04. The van der Waals surface area contributed by atoms with Crippen molar-refractivity contribution in [3.8, 4) is 5.75 Å². The number of hydrogen-bond donors (Lipinski definition) is 0. The van der Waals surface area contributed by atoms with E-state index < -0.39 is 0 Å². The topological polar surface area (TPSA) is 29.5 Å². The van der Waals surface area contributed by atoms with Crippen molar-refractivity contribution < 1.29 is 9.53 Å². The molecule has 0 aliphatic carbocycles. The summed E-state index contributed by atoms with van der Waals surface area (Å²) in [5.74, 6) is 0.330. The van der Waals surface area contributed by atoms with E-state index in [0.717, 1.165) is 25.2 Å². The molecule has 0 saturated heterocycles. The molecule has 116 valence electrons. The lowest BCUT2D eigenvalue weighted by Gasteiger charge is -2.20. The average Bonchev–Trinajstić information content (AvgIpc) is 2.55. The molecule has 0 N–H and O–H groups in total. The fourth-order valence-electron chi connectivity index (χ4n) is 2.35. The fourth-order valence-corrected chi connectivity index (χ4v) is 2.35. The van der Waals surface area contributed by atoms with Crippen LogP contribution < -0.4 is 4.74 Å². The molecule has 3 heteroatoms. The zero-order valence-corrected chi connectivity index (χ0v) is 13.5. The Morgan fingerprint density at radius 2 is 1.73 bits per heavy atom. The number of nitrogens with zero attached hydrogens (tertiary/aromatic N) is 1. The van der Waals surface area contributed by atoms with Gasteiger partial charge >= 0.3 is 5.97 Å². The van der Waals surface area contributed by atoms with Crippen LogP contribution in [0.4, 0.5) is 0 Å². The molecule has 0 aliphatic heterocycles. The van der Waals surface area contributed by atoms with Crippen molar-refractivity contribution in [3.05, 3.63) is 65.2 Å². The van der Waals surface area contributed by atoms with Gasteiger partial charge < -0.3 is 4.74 Å². The third-order valence-electron chi connectivity index (χ3n) is 3.72. The van der Waals surface area contributed by atoms with Crippen LogP contribution in [0.2, 0.25) is 0 Å². The molecule has 0 heterocycles. The number of carbonyl (C=O) groups is 1. The Hall–Kier alpha value is -2.13. The van der Waals surface area contributed by atoms with Gasteiger partial charge in [0.1, 0.15) is 5.75 Å². The maximum absolute atomic E-state index is 12.2. The van der Waals surface area contributed by atoms with Crippen LogP contribution in [0, 0.1) is 6.92 Å². The Morgan fingerprint density at radius 1 is 1.05 bits per heavy atom. The predicted molar refractivity (Wildman–Crippen MR) is 89.2 cm³/mol. The first-order valence-electron chi connectivity index (χ1n) is 7.73. The summed E-state index contributed by atoms with van der Waals surface area (Å²) in [5, 5.41) is 0. The third-order valence-corrected chi connectivity index (χ3v) is 3.72. The molecule has 0 atom stereocenters. The highest BCUT2D eigenvalue weighted by atomic mass is 16.5. The summed E-state index contributed by atoms with van der Waals surface area (Å²) >= 11 is 0. The molecule has 0 bridgehead atoms. The second-order valence-electron chi connectivity index (χ2n) is 5.33. The lowest BCUT2D eigenvalue weighted by molar-refractivity contribution is 0.0731. The zero-order chi connectivity index (χ0) is 15.9. The second kappa shape index (κ2) is 7.76. The summed E-state index contributed by atoms with van der Waals surface area (Å²) in [7, 11) is 0. The van der Waals surface area contributed by atoms with Gasteiger partial charge in [-0.15, -0.1) is 0 Å². The standard InChI is InChI=1S/C19H23NO2/c1-4-20(5-2)14-17-13-15(3)11-12-18(17)22-19(21)16-9-7-6-8-10-16/h6-13H,4-5,14H2,1-3H3. The van der Waals surface area contributed by atoms with Gasteiger partial charge in [-0.3, -0.25) is 4.90 Å². The molecule has 0 fully saturated rings. The smallest absolute Gasteiger partial charge is 0.343 e. The van der Waals surface area contributed by atoms with Crippen LogP contribution in [-0.2, 0) is 6.54 Å². The molecule has 0 amide bonds. The minimum atomic E-state index is -0.315. The lowest BCUT2D eigenvalue weighted by Crippen LogP contribution is -2.23. The SMILES string of the molecule is CCN(CC)Cc1cc(C)ccc1OC(=O)c1ccccc1. The maximum atomic E-state index is 12.2. The van der Waals surface area contributed by atoms with Crippen LogP contribution in [0.25, 0.3) is 0 Å². The van der Waals surface area contributed by atoms with Crippen LogP contribution >= 0.6 is 0 Å². The van der Waals surface area contributed by atoms with Gasteiger partial charge in [0.25, 0.3) is 0 Å². The largest absolute Gasteiger partial charge is 0.423 e. The number of aryl methyl sites for hydroxylation is 1. The molecule has 0 spiro atoms. The Kier molecular flexibility index (Phi) is 5.73. The van der Waals surface area contributed by atoms with Crippen LogP contribution in [0.1, 0.15) is 35.3 Å². The van der Waals surface area contributed by atoms with Gasteiger partial charge in [0, 0.05) is 12.1 Å². The van der Waals surface area contributed by atoms with Gasteiger partial charge in [-0.1, -0.05) is 49.7 Å². The van der Waals surface area contributed by atoms with E-state index in [2.05, 4.69) is 31.7 Å². The highest BCUT2D eigenvalue weighted by molar-refractivity contribution is 5.91. The van der Waals surface area contributed by atoms with E-state index >= 15 is 0 Å². The fraction of sp³-hybridized carbons (Fsp3) is 0.316. The molecule has 2 aromatic rings. The predicted octanol–water partition coefficient (Wildman–Crippen LogP) is 4.06. The van der Waals surface area contributed by atoms with Gasteiger partial charge in [-0.25, -0.2) is 4.79 Å².